The van der Waals surface area contributed by atoms with E-state index in [1.54, 1.807) is 0 Å². The normalized spacial score (nSPS) is 16.0. The van der Waals surface area contributed by atoms with Gasteiger partial charge >= 0.3 is 0 Å². The number of halogens is 1. The molecule has 0 bridgehead atoms. The number of aryl methyl sites for hydroxylation is 2. The third-order valence-corrected chi connectivity index (χ3v) is 7.35. The lowest BCUT2D eigenvalue weighted by molar-refractivity contribution is 0.113. The Morgan fingerprint density at radius 3 is 2.25 bits per heavy atom. The number of nitrogens with zero attached hydrogens (tertiary/aromatic N) is 6. The first kappa shape index (κ1) is 24.6. The van der Waals surface area contributed by atoms with Gasteiger partial charge in [0.25, 0.3) is 0 Å². The van der Waals surface area contributed by atoms with E-state index < -0.39 is 0 Å². The van der Waals surface area contributed by atoms with Crippen LogP contribution in [-0.4, -0.2) is 62.7 Å². The van der Waals surface area contributed by atoms with E-state index in [9.17, 15) is 0 Å². The number of hydrogen-bond donors (Lipinski definition) is 0. The van der Waals surface area contributed by atoms with Gasteiger partial charge in [0.2, 0.25) is 0 Å². The maximum atomic E-state index is 4.58. The van der Waals surface area contributed by atoms with Gasteiger partial charge in [0.1, 0.15) is 0 Å². The minimum atomic E-state index is -0.0332. The Kier molecular flexibility index (Phi) is 7.70. The van der Waals surface area contributed by atoms with Gasteiger partial charge < -0.3 is 0 Å². The zero-order valence-electron chi connectivity index (χ0n) is 20.8. The molecule has 1 aliphatic heterocycles. The van der Waals surface area contributed by atoms with Crippen molar-refractivity contribution >= 4 is 22.0 Å². The Balaban J connectivity index is 1.39. The third kappa shape index (κ3) is 5.48. The van der Waals surface area contributed by atoms with Gasteiger partial charge in [-0.1, -0.05) is 88.7 Å². The van der Waals surface area contributed by atoms with Crippen molar-refractivity contribution in [2.75, 3.05) is 32.7 Å². The molecule has 0 aliphatic carbocycles. The summed E-state index contributed by atoms with van der Waals surface area (Å²) in [7, 11) is 0. The summed E-state index contributed by atoms with van der Waals surface area (Å²) in [4.78, 5) is 5.01. The lowest BCUT2D eigenvalue weighted by Crippen LogP contribution is -2.48. The Hall–Kier alpha value is -3.13. The van der Waals surface area contributed by atoms with Crippen molar-refractivity contribution in [3.8, 4) is 5.69 Å². The lowest BCUT2D eigenvalue weighted by atomic mass is 10.0. The highest BCUT2D eigenvalue weighted by Gasteiger charge is 2.31. The highest BCUT2D eigenvalue weighted by molar-refractivity contribution is 9.10. The molecule has 36 heavy (non-hydrogen) atoms. The predicted octanol–water partition coefficient (Wildman–Crippen LogP) is 5.46. The molecule has 0 spiro atoms. The number of rotatable bonds is 7. The summed E-state index contributed by atoms with van der Waals surface area (Å²) < 4.78 is 3.00. The lowest BCUT2D eigenvalue weighted by Gasteiger charge is -2.38. The monoisotopic (exact) mass is 542 g/mol. The standard InChI is InChI=1S/C29H31BrN6/c1-22-8-6-9-23(2)27(22)36-29(31-32-33-36)28(25-13-15-26(30)16-14-25)35-20-18-34(19-21-35)17-7-12-24-10-4-3-5-11-24/h3-16,28H,17-21H2,1-2H3/b12-7+/t28-/m1/s1. The molecule has 1 aliphatic rings. The molecule has 1 aromatic heterocycles. The van der Waals surface area contributed by atoms with Gasteiger partial charge in [0, 0.05) is 37.2 Å². The van der Waals surface area contributed by atoms with Crippen LogP contribution in [0, 0.1) is 13.8 Å². The van der Waals surface area contributed by atoms with Crippen LogP contribution in [0.4, 0.5) is 0 Å². The van der Waals surface area contributed by atoms with Gasteiger partial charge in [-0.05, 0) is 58.7 Å². The fraction of sp³-hybridized carbons (Fsp3) is 0.276. The van der Waals surface area contributed by atoms with E-state index in [-0.39, 0.29) is 6.04 Å². The van der Waals surface area contributed by atoms with Crippen molar-refractivity contribution in [1.29, 1.82) is 0 Å². The Morgan fingerprint density at radius 1 is 0.861 bits per heavy atom. The summed E-state index contributed by atoms with van der Waals surface area (Å²) in [5, 5.41) is 13.2. The predicted molar refractivity (Wildman–Crippen MR) is 148 cm³/mol. The molecule has 6 nitrogen and oxygen atoms in total. The Morgan fingerprint density at radius 2 is 1.56 bits per heavy atom. The number of para-hydroxylation sites is 1. The van der Waals surface area contributed by atoms with Gasteiger partial charge in [0.15, 0.2) is 5.82 Å². The molecule has 184 valence electrons. The van der Waals surface area contributed by atoms with Gasteiger partial charge in [-0.25, -0.2) is 0 Å². The van der Waals surface area contributed by atoms with E-state index in [0.29, 0.717) is 0 Å². The number of piperazine rings is 1. The molecule has 2 heterocycles. The van der Waals surface area contributed by atoms with Crippen LogP contribution in [0.15, 0.2) is 83.3 Å². The molecular formula is C29H31BrN6. The van der Waals surface area contributed by atoms with Gasteiger partial charge in [-0.3, -0.25) is 9.80 Å². The summed E-state index contributed by atoms with van der Waals surface area (Å²) >= 11 is 3.59. The molecule has 5 rings (SSSR count). The van der Waals surface area contributed by atoms with Crippen molar-refractivity contribution in [2.24, 2.45) is 0 Å². The molecule has 0 saturated carbocycles. The molecule has 3 aromatic carbocycles. The summed E-state index contributed by atoms with van der Waals surface area (Å²) in [6, 6.07) is 25.3. The molecule has 0 unspecified atom stereocenters. The van der Waals surface area contributed by atoms with Crippen molar-refractivity contribution in [2.45, 2.75) is 19.9 Å². The topological polar surface area (TPSA) is 50.1 Å². The second-order valence-electron chi connectivity index (χ2n) is 9.29. The van der Waals surface area contributed by atoms with Crippen LogP contribution < -0.4 is 0 Å². The SMILES string of the molecule is Cc1cccc(C)c1-n1nnnc1[C@@H](c1ccc(Br)cc1)N1CCN(C/C=C/c2ccccc2)CC1. The van der Waals surface area contributed by atoms with Crippen molar-refractivity contribution in [3.63, 3.8) is 0 Å². The molecule has 7 heteroatoms. The fourth-order valence-electron chi connectivity index (χ4n) is 4.94. The molecule has 4 aromatic rings. The quantitative estimate of drug-likeness (QED) is 0.310. The van der Waals surface area contributed by atoms with E-state index in [2.05, 4.69) is 140 Å². The van der Waals surface area contributed by atoms with Crippen molar-refractivity contribution < 1.29 is 0 Å². The number of aromatic nitrogens is 4. The minimum absolute atomic E-state index is 0.0332. The average Bonchev–Trinajstić information content (AvgIpc) is 3.36. The van der Waals surface area contributed by atoms with Gasteiger partial charge in [-0.2, -0.15) is 4.68 Å². The highest BCUT2D eigenvalue weighted by atomic mass is 79.9. The summed E-state index contributed by atoms with van der Waals surface area (Å²) in [6.45, 7) is 9.06. The molecule has 0 radical (unpaired) electrons. The Bertz CT molecular complexity index is 1290. The summed E-state index contributed by atoms with van der Waals surface area (Å²) in [6.07, 6.45) is 4.47. The second-order valence-corrected chi connectivity index (χ2v) is 10.2. The highest BCUT2D eigenvalue weighted by Crippen LogP contribution is 2.31. The van der Waals surface area contributed by atoms with E-state index in [0.717, 1.165) is 59.8 Å². The van der Waals surface area contributed by atoms with E-state index in [1.807, 2.05) is 4.68 Å². The first-order valence-electron chi connectivity index (χ1n) is 12.4. The maximum absolute atomic E-state index is 4.58. The molecule has 1 fully saturated rings. The van der Waals surface area contributed by atoms with Gasteiger partial charge in [-0.15, -0.1) is 5.10 Å². The van der Waals surface area contributed by atoms with Crippen LogP contribution in [0.5, 0.6) is 0 Å². The molecule has 0 amide bonds. The zero-order chi connectivity index (χ0) is 24.9. The van der Waals surface area contributed by atoms with Crippen LogP contribution in [0.2, 0.25) is 0 Å². The smallest absolute Gasteiger partial charge is 0.178 e. The van der Waals surface area contributed by atoms with Crippen LogP contribution in [0.3, 0.4) is 0 Å². The average molecular weight is 544 g/mol. The zero-order valence-corrected chi connectivity index (χ0v) is 22.3. The first-order chi connectivity index (χ1) is 17.6. The largest absolute Gasteiger partial charge is 0.297 e. The van der Waals surface area contributed by atoms with Crippen molar-refractivity contribution in [1.82, 2.24) is 30.0 Å². The number of tetrazole rings is 1. The molecular weight excluding hydrogens is 512 g/mol. The first-order valence-corrected chi connectivity index (χ1v) is 13.2. The third-order valence-electron chi connectivity index (χ3n) is 6.82. The number of hydrogen-bond acceptors (Lipinski definition) is 5. The molecule has 1 saturated heterocycles. The molecule has 1 atom stereocenters. The fourth-order valence-corrected chi connectivity index (χ4v) is 5.20. The number of benzene rings is 3. The van der Waals surface area contributed by atoms with E-state index >= 15 is 0 Å². The van der Waals surface area contributed by atoms with Crippen molar-refractivity contribution in [3.05, 3.63) is 111 Å². The second kappa shape index (κ2) is 11.3. The van der Waals surface area contributed by atoms with Crippen LogP contribution in [0.25, 0.3) is 11.8 Å². The van der Waals surface area contributed by atoms with Crippen LogP contribution in [0.1, 0.15) is 34.1 Å². The Labute approximate surface area is 221 Å². The van der Waals surface area contributed by atoms with Crippen LogP contribution in [-0.2, 0) is 0 Å². The van der Waals surface area contributed by atoms with Gasteiger partial charge in [0.05, 0.1) is 11.7 Å². The molecule has 0 N–H and O–H groups in total. The van der Waals surface area contributed by atoms with Crippen LogP contribution >= 0.6 is 15.9 Å². The maximum Gasteiger partial charge on any atom is 0.178 e. The summed E-state index contributed by atoms with van der Waals surface area (Å²) in [5.41, 5.74) is 5.81. The minimum Gasteiger partial charge on any atom is -0.297 e. The summed E-state index contributed by atoms with van der Waals surface area (Å²) in [5.74, 6) is 0.854. The van der Waals surface area contributed by atoms with E-state index in [1.165, 1.54) is 11.1 Å². The van der Waals surface area contributed by atoms with E-state index in [4.69, 9.17) is 0 Å².